The molecule has 29 heavy (non-hydrogen) atoms. The van der Waals surface area contributed by atoms with E-state index in [1.165, 1.54) is 0 Å². The van der Waals surface area contributed by atoms with Gasteiger partial charge < -0.3 is 14.2 Å². The van der Waals surface area contributed by atoms with E-state index < -0.39 is 5.82 Å². The minimum atomic E-state index is -0.451. The third kappa shape index (κ3) is 3.07. The molecule has 1 saturated carbocycles. The molecule has 6 rings (SSSR count). The van der Waals surface area contributed by atoms with E-state index in [1.54, 1.807) is 0 Å². The molecule has 1 aromatic heterocycles. The van der Waals surface area contributed by atoms with Crippen molar-refractivity contribution >= 4 is 38.4 Å². The van der Waals surface area contributed by atoms with Crippen molar-refractivity contribution in [1.29, 1.82) is 0 Å². The summed E-state index contributed by atoms with van der Waals surface area (Å²) < 4.78 is 32.4. The van der Waals surface area contributed by atoms with E-state index >= 15 is 0 Å². The predicted molar refractivity (Wildman–Crippen MR) is 108 cm³/mol. The van der Waals surface area contributed by atoms with Gasteiger partial charge in [-0.25, -0.2) is 4.39 Å². The van der Waals surface area contributed by atoms with Crippen LogP contribution in [0.1, 0.15) is 30.4 Å². The van der Waals surface area contributed by atoms with Crippen LogP contribution in [0.15, 0.2) is 4.47 Å². The second-order valence-corrected chi connectivity index (χ2v) is 9.81. The number of benzene rings is 1. The SMILES string of the molecule is Fc1c(Br)c2c(c3c(Cl)nc(OCC4(CN5C[C@H]6C[C@@H]5CO6)CC4)nc13)COC2. The lowest BCUT2D eigenvalue weighted by molar-refractivity contribution is 0.0176. The molecule has 1 aromatic carbocycles. The van der Waals surface area contributed by atoms with Crippen molar-refractivity contribution < 1.29 is 18.6 Å². The monoisotopic (exact) mass is 483 g/mol. The Morgan fingerprint density at radius 3 is 2.83 bits per heavy atom. The van der Waals surface area contributed by atoms with Crippen LogP contribution in [0.2, 0.25) is 5.15 Å². The van der Waals surface area contributed by atoms with Crippen LogP contribution < -0.4 is 4.74 Å². The fraction of sp³-hybridized carbons (Fsp3) is 0.600. The van der Waals surface area contributed by atoms with Crippen LogP contribution in [0.5, 0.6) is 6.01 Å². The Morgan fingerprint density at radius 1 is 1.28 bits per heavy atom. The molecule has 4 aliphatic rings. The van der Waals surface area contributed by atoms with Crippen molar-refractivity contribution in [3.05, 3.63) is 26.6 Å². The summed E-state index contributed by atoms with van der Waals surface area (Å²) in [6.07, 6.45) is 3.77. The molecule has 2 aromatic rings. The van der Waals surface area contributed by atoms with Crippen molar-refractivity contribution in [2.75, 3.05) is 26.3 Å². The second kappa shape index (κ2) is 6.72. The molecule has 3 fully saturated rings. The minimum Gasteiger partial charge on any atom is -0.463 e. The number of rotatable bonds is 5. The number of likely N-dealkylation sites (tertiary alicyclic amines) is 1. The minimum absolute atomic E-state index is 0.125. The van der Waals surface area contributed by atoms with Crippen LogP contribution in [-0.4, -0.2) is 53.3 Å². The van der Waals surface area contributed by atoms with Gasteiger partial charge in [0, 0.05) is 35.5 Å². The maximum atomic E-state index is 14.9. The number of nitrogens with zero attached hydrogens (tertiary/aromatic N) is 3. The van der Waals surface area contributed by atoms with Gasteiger partial charge in [-0.3, -0.25) is 4.90 Å². The first-order valence-electron chi connectivity index (χ1n) is 9.95. The highest BCUT2D eigenvalue weighted by molar-refractivity contribution is 9.10. The molecule has 1 aliphatic carbocycles. The average Bonchev–Trinajstić information content (AvgIpc) is 3.08. The molecule has 0 unspecified atom stereocenters. The van der Waals surface area contributed by atoms with Gasteiger partial charge in [0.2, 0.25) is 0 Å². The Hall–Kier alpha value is -1.06. The average molecular weight is 485 g/mol. The van der Waals surface area contributed by atoms with Crippen molar-refractivity contribution in [2.45, 2.75) is 44.6 Å². The molecule has 0 spiro atoms. The van der Waals surface area contributed by atoms with E-state index in [4.69, 9.17) is 25.8 Å². The molecule has 2 bridgehead atoms. The van der Waals surface area contributed by atoms with Gasteiger partial charge in [0.1, 0.15) is 10.7 Å². The fourth-order valence-electron chi connectivity index (χ4n) is 4.84. The van der Waals surface area contributed by atoms with Crippen LogP contribution in [0, 0.1) is 11.2 Å². The zero-order valence-corrected chi connectivity index (χ0v) is 18.1. The van der Waals surface area contributed by atoms with Crippen molar-refractivity contribution in [3.63, 3.8) is 0 Å². The van der Waals surface area contributed by atoms with Gasteiger partial charge in [-0.15, -0.1) is 0 Å². The van der Waals surface area contributed by atoms with Crippen LogP contribution >= 0.6 is 27.5 Å². The van der Waals surface area contributed by atoms with Crippen molar-refractivity contribution in [1.82, 2.24) is 14.9 Å². The number of hydrogen-bond donors (Lipinski definition) is 0. The first-order chi connectivity index (χ1) is 14.0. The smallest absolute Gasteiger partial charge is 0.318 e. The number of ether oxygens (including phenoxy) is 3. The van der Waals surface area contributed by atoms with Gasteiger partial charge in [-0.05, 0) is 40.8 Å². The van der Waals surface area contributed by atoms with Gasteiger partial charge in [0.25, 0.3) is 0 Å². The zero-order chi connectivity index (χ0) is 19.8. The van der Waals surface area contributed by atoms with Crippen LogP contribution in [0.4, 0.5) is 4.39 Å². The summed E-state index contributed by atoms with van der Waals surface area (Å²) in [4.78, 5) is 11.2. The number of halogens is 3. The topological polar surface area (TPSA) is 56.7 Å². The Morgan fingerprint density at radius 2 is 2.10 bits per heavy atom. The fourth-order valence-corrected chi connectivity index (χ4v) is 5.65. The summed E-state index contributed by atoms with van der Waals surface area (Å²) in [5.74, 6) is -0.451. The van der Waals surface area contributed by atoms with Crippen molar-refractivity contribution in [3.8, 4) is 6.01 Å². The molecule has 4 heterocycles. The van der Waals surface area contributed by atoms with Crippen LogP contribution in [0.25, 0.3) is 10.9 Å². The number of fused-ring (bicyclic) bond motifs is 5. The molecule has 2 atom stereocenters. The Kier molecular flexibility index (Phi) is 4.33. The van der Waals surface area contributed by atoms with E-state index in [0.717, 1.165) is 50.1 Å². The highest BCUT2D eigenvalue weighted by Gasteiger charge is 2.49. The molecular weight excluding hydrogens is 465 g/mol. The van der Waals surface area contributed by atoms with E-state index in [-0.39, 0.29) is 22.1 Å². The molecular formula is C20H20BrClFN3O3. The summed E-state index contributed by atoms with van der Waals surface area (Å²) in [6.45, 7) is 4.09. The molecule has 0 N–H and O–H groups in total. The lowest BCUT2D eigenvalue weighted by atomic mass is 10.1. The molecule has 0 radical (unpaired) electrons. The van der Waals surface area contributed by atoms with E-state index in [1.807, 2.05) is 0 Å². The van der Waals surface area contributed by atoms with E-state index in [9.17, 15) is 4.39 Å². The number of hydrogen-bond acceptors (Lipinski definition) is 6. The summed E-state index contributed by atoms with van der Waals surface area (Å²) in [5, 5.41) is 0.721. The Bertz CT molecular complexity index is 1020. The summed E-state index contributed by atoms with van der Waals surface area (Å²) >= 11 is 9.76. The maximum Gasteiger partial charge on any atom is 0.318 e. The van der Waals surface area contributed by atoms with Crippen LogP contribution in [-0.2, 0) is 22.7 Å². The van der Waals surface area contributed by atoms with Gasteiger partial charge >= 0.3 is 6.01 Å². The molecule has 2 saturated heterocycles. The highest BCUT2D eigenvalue weighted by Crippen LogP contribution is 2.48. The molecule has 3 aliphatic heterocycles. The second-order valence-electron chi connectivity index (χ2n) is 8.66. The number of morpholine rings is 1. The zero-order valence-electron chi connectivity index (χ0n) is 15.7. The lowest BCUT2D eigenvalue weighted by Crippen LogP contribution is -2.42. The normalized spacial score (nSPS) is 27.0. The molecule has 154 valence electrons. The molecule has 9 heteroatoms. The first kappa shape index (κ1) is 18.7. The van der Waals surface area contributed by atoms with Gasteiger partial charge in [-0.2, -0.15) is 9.97 Å². The van der Waals surface area contributed by atoms with Gasteiger partial charge in [0.15, 0.2) is 5.82 Å². The quantitative estimate of drug-likeness (QED) is 0.601. The van der Waals surface area contributed by atoms with Gasteiger partial charge in [-0.1, -0.05) is 11.6 Å². The maximum absolute atomic E-state index is 14.9. The number of aromatic nitrogens is 2. The molecule has 6 nitrogen and oxygen atoms in total. The van der Waals surface area contributed by atoms with E-state index in [0.29, 0.717) is 41.8 Å². The Labute approximate surface area is 180 Å². The van der Waals surface area contributed by atoms with Gasteiger partial charge in [0.05, 0.1) is 37.0 Å². The lowest BCUT2D eigenvalue weighted by Gasteiger charge is -2.30. The largest absolute Gasteiger partial charge is 0.463 e. The summed E-state index contributed by atoms with van der Waals surface area (Å²) in [5.41, 5.74) is 1.92. The third-order valence-corrected chi connectivity index (χ3v) is 7.79. The van der Waals surface area contributed by atoms with E-state index in [2.05, 4.69) is 30.8 Å². The third-order valence-electron chi connectivity index (χ3n) is 6.69. The molecule has 0 amide bonds. The Balaban J connectivity index is 1.24. The predicted octanol–water partition coefficient (Wildman–Crippen LogP) is 3.85. The van der Waals surface area contributed by atoms with Crippen molar-refractivity contribution in [2.24, 2.45) is 5.41 Å². The highest BCUT2D eigenvalue weighted by atomic mass is 79.9. The summed E-state index contributed by atoms with van der Waals surface area (Å²) in [7, 11) is 0. The summed E-state index contributed by atoms with van der Waals surface area (Å²) in [6, 6.07) is 0.671. The standard InChI is InChI=1S/C20H20BrClFN3O3/c21-15-13-7-27-6-12(13)14-17(16(15)23)24-19(25-18(14)22)29-9-20(1-2-20)8-26-4-11-3-10(26)5-28-11/h10-11H,1-9H2/t10-,11-/m1/s1. The first-order valence-corrected chi connectivity index (χ1v) is 11.1. The van der Waals surface area contributed by atoms with Crippen LogP contribution in [0.3, 0.4) is 0 Å².